The van der Waals surface area contributed by atoms with Crippen molar-refractivity contribution in [2.24, 2.45) is 0 Å². The second kappa shape index (κ2) is 8.31. The van der Waals surface area contributed by atoms with Gasteiger partial charge in [-0.25, -0.2) is 0 Å². The van der Waals surface area contributed by atoms with E-state index in [0.29, 0.717) is 18.9 Å². The maximum atomic E-state index is 11.6. The van der Waals surface area contributed by atoms with Crippen molar-refractivity contribution < 1.29 is 23.7 Å². The van der Waals surface area contributed by atoms with Crippen molar-refractivity contribution in [3.8, 4) is 11.5 Å². The molecule has 2 atom stereocenters. The zero-order chi connectivity index (χ0) is 20.5. The monoisotopic (exact) mass is 408 g/mol. The van der Waals surface area contributed by atoms with Crippen LogP contribution in [0.5, 0.6) is 11.5 Å². The highest BCUT2D eigenvalue weighted by Gasteiger charge is 2.31. The van der Waals surface area contributed by atoms with Crippen molar-refractivity contribution in [3.63, 3.8) is 0 Å². The molecule has 0 bridgehead atoms. The van der Waals surface area contributed by atoms with Crippen molar-refractivity contribution in [2.45, 2.75) is 50.0 Å². The minimum Gasteiger partial charge on any atom is -0.492 e. The Balaban J connectivity index is 1.32. The molecule has 30 heavy (non-hydrogen) atoms. The van der Waals surface area contributed by atoms with Gasteiger partial charge in [0.25, 0.3) is 0 Å². The zero-order valence-electron chi connectivity index (χ0n) is 17.4. The van der Waals surface area contributed by atoms with Crippen molar-refractivity contribution in [2.75, 3.05) is 26.9 Å². The molecule has 0 spiro atoms. The van der Waals surface area contributed by atoms with Gasteiger partial charge in [0.2, 0.25) is 0 Å². The van der Waals surface area contributed by atoms with Gasteiger partial charge in [0, 0.05) is 30.8 Å². The SMILES string of the molecule is COC(=O)CC1COc2cc(O[C@@H]3CCc4c(C5CCOCC5)cccc43)ccc21. The summed E-state index contributed by atoms with van der Waals surface area (Å²) in [6.07, 6.45) is 4.70. The maximum absolute atomic E-state index is 11.6. The van der Waals surface area contributed by atoms with Crippen LogP contribution >= 0.6 is 0 Å². The molecule has 1 saturated heterocycles. The lowest BCUT2D eigenvalue weighted by Gasteiger charge is -2.25. The van der Waals surface area contributed by atoms with Crippen LogP contribution in [0.2, 0.25) is 0 Å². The number of rotatable bonds is 5. The van der Waals surface area contributed by atoms with Gasteiger partial charge in [-0.15, -0.1) is 0 Å². The van der Waals surface area contributed by atoms with Gasteiger partial charge < -0.3 is 18.9 Å². The van der Waals surface area contributed by atoms with E-state index in [4.69, 9.17) is 18.9 Å². The average molecular weight is 408 g/mol. The summed E-state index contributed by atoms with van der Waals surface area (Å²) >= 11 is 0. The molecule has 5 rings (SSSR count). The number of ether oxygens (including phenoxy) is 4. The highest BCUT2D eigenvalue weighted by Crippen LogP contribution is 2.43. The topological polar surface area (TPSA) is 54.0 Å². The van der Waals surface area contributed by atoms with Gasteiger partial charge in [0.15, 0.2) is 0 Å². The molecule has 5 nitrogen and oxygen atoms in total. The van der Waals surface area contributed by atoms with Gasteiger partial charge >= 0.3 is 5.97 Å². The molecule has 0 saturated carbocycles. The summed E-state index contributed by atoms with van der Waals surface area (Å²) in [6, 6.07) is 12.7. The first kappa shape index (κ1) is 19.4. The average Bonchev–Trinajstić information content (AvgIpc) is 3.38. The third-order valence-corrected chi connectivity index (χ3v) is 6.70. The fourth-order valence-electron chi connectivity index (χ4n) is 5.11. The Hall–Kier alpha value is -2.53. The predicted octanol–water partition coefficient (Wildman–Crippen LogP) is 4.69. The van der Waals surface area contributed by atoms with Gasteiger partial charge in [0.05, 0.1) is 20.1 Å². The summed E-state index contributed by atoms with van der Waals surface area (Å²) in [7, 11) is 1.42. The number of carbonyl (C=O) groups excluding carboxylic acids is 1. The lowest BCUT2D eigenvalue weighted by atomic mass is 9.87. The number of methoxy groups -OCH3 is 1. The van der Waals surface area contributed by atoms with E-state index >= 15 is 0 Å². The van der Waals surface area contributed by atoms with Crippen LogP contribution in [-0.4, -0.2) is 32.9 Å². The number of carbonyl (C=O) groups is 1. The van der Waals surface area contributed by atoms with Crippen molar-refractivity contribution in [1.29, 1.82) is 0 Å². The van der Waals surface area contributed by atoms with E-state index in [-0.39, 0.29) is 18.0 Å². The van der Waals surface area contributed by atoms with Crippen LogP contribution in [0.15, 0.2) is 36.4 Å². The number of esters is 1. The zero-order valence-corrected chi connectivity index (χ0v) is 17.4. The van der Waals surface area contributed by atoms with E-state index in [1.54, 1.807) is 0 Å². The highest BCUT2D eigenvalue weighted by atomic mass is 16.5. The Kier molecular flexibility index (Phi) is 5.38. The van der Waals surface area contributed by atoms with Crippen LogP contribution in [0, 0.1) is 0 Å². The lowest BCUT2D eigenvalue weighted by molar-refractivity contribution is -0.141. The minimum atomic E-state index is -0.209. The van der Waals surface area contributed by atoms with E-state index < -0.39 is 0 Å². The van der Waals surface area contributed by atoms with Crippen molar-refractivity contribution in [3.05, 3.63) is 58.7 Å². The number of hydrogen-bond acceptors (Lipinski definition) is 5. The van der Waals surface area contributed by atoms with Crippen molar-refractivity contribution in [1.82, 2.24) is 0 Å². The molecule has 3 aliphatic rings. The van der Waals surface area contributed by atoms with Crippen LogP contribution in [0.4, 0.5) is 0 Å². The second-order valence-corrected chi connectivity index (χ2v) is 8.43. The van der Waals surface area contributed by atoms with E-state index in [9.17, 15) is 4.79 Å². The number of benzene rings is 2. The third kappa shape index (κ3) is 3.67. The fourth-order valence-corrected chi connectivity index (χ4v) is 5.11. The summed E-state index contributed by atoms with van der Waals surface area (Å²) in [5.74, 6) is 2.08. The Morgan fingerprint density at radius 2 is 1.90 bits per heavy atom. The Morgan fingerprint density at radius 3 is 2.73 bits per heavy atom. The maximum Gasteiger partial charge on any atom is 0.306 e. The Bertz CT molecular complexity index is 931. The minimum absolute atomic E-state index is 0.0516. The molecular weight excluding hydrogens is 380 g/mol. The van der Waals surface area contributed by atoms with Crippen LogP contribution in [0.25, 0.3) is 0 Å². The number of hydrogen-bond donors (Lipinski definition) is 0. The van der Waals surface area contributed by atoms with Crippen LogP contribution in [0.3, 0.4) is 0 Å². The van der Waals surface area contributed by atoms with E-state index in [1.807, 2.05) is 18.2 Å². The van der Waals surface area contributed by atoms with Crippen molar-refractivity contribution >= 4 is 5.97 Å². The molecule has 1 fully saturated rings. The largest absolute Gasteiger partial charge is 0.492 e. The molecule has 0 amide bonds. The van der Waals surface area contributed by atoms with Gasteiger partial charge in [-0.05, 0) is 54.4 Å². The van der Waals surface area contributed by atoms with Gasteiger partial charge in [0.1, 0.15) is 17.6 Å². The first-order chi connectivity index (χ1) is 14.7. The molecule has 0 N–H and O–H groups in total. The first-order valence-electron chi connectivity index (χ1n) is 10.9. The lowest BCUT2D eigenvalue weighted by Crippen LogP contribution is -2.15. The highest BCUT2D eigenvalue weighted by molar-refractivity contribution is 5.71. The Labute approximate surface area is 177 Å². The predicted molar refractivity (Wildman–Crippen MR) is 112 cm³/mol. The standard InChI is InChI=1S/C25H28O5/c1-27-25(26)13-17-15-29-24-14-18(5-6-20(17)24)30-23-8-7-21-19(3-2-4-22(21)23)16-9-11-28-12-10-16/h2-6,14,16-17,23H,7-13,15H2,1H3/t17?,23-/m1/s1. The normalized spacial score (nSPS) is 22.8. The van der Waals surface area contributed by atoms with E-state index in [0.717, 1.165) is 56.0 Å². The van der Waals surface area contributed by atoms with Gasteiger partial charge in [-0.3, -0.25) is 4.79 Å². The third-order valence-electron chi connectivity index (χ3n) is 6.70. The summed E-state index contributed by atoms with van der Waals surface area (Å²) in [5, 5.41) is 0. The molecule has 2 aromatic rings. The summed E-state index contributed by atoms with van der Waals surface area (Å²) < 4.78 is 22.6. The second-order valence-electron chi connectivity index (χ2n) is 8.43. The van der Waals surface area contributed by atoms with Gasteiger partial charge in [-0.1, -0.05) is 24.3 Å². The molecule has 2 heterocycles. The summed E-state index contributed by atoms with van der Waals surface area (Å²) in [6.45, 7) is 2.23. The molecule has 2 aliphatic heterocycles. The summed E-state index contributed by atoms with van der Waals surface area (Å²) in [5.41, 5.74) is 5.35. The smallest absolute Gasteiger partial charge is 0.306 e. The van der Waals surface area contributed by atoms with E-state index in [2.05, 4.69) is 18.2 Å². The first-order valence-corrected chi connectivity index (χ1v) is 10.9. The van der Waals surface area contributed by atoms with Gasteiger partial charge in [-0.2, -0.15) is 0 Å². The molecule has 158 valence electrons. The molecular formula is C25H28O5. The Morgan fingerprint density at radius 1 is 1.07 bits per heavy atom. The molecule has 5 heteroatoms. The van der Waals surface area contributed by atoms with E-state index in [1.165, 1.54) is 23.8 Å². The quantitative estimate of drug-likeness (QED) is 0.672. The molecule has 1 aliphatic carbocycles. The van der Waals surface area contributed by atoms with Crippen LogP contribution in [-0.2, 0) is 20.7 Å². The van der Waals surface area contributed by atoms with Crippen LogP contribution < -0.4 is 9.47 Å². The fraction of sp³-hybridized carbons (Fsp3) is 0.480. The molecule has 0 aromatic heterocycles. The number of fused-ring (bicyclic) bond motifs is 2. The molecule has 0 radical (unpaired) electrons. The van der Waals surface area contributed by atoms with Crippen LogP contribution in [0.1, 0.15) is 65.9 Å². The summed E-state index contributed by atoms with van der Waals surface area (Å²) in [4.78, 5) is 11.6. The molecule has 2 aromatic carbocycles. The molecule has 1 unspecified atom stereocenters.